The van der Waals surface area contributed by atoms with Crippen LogP contribution in [0, 0.1) is 0 Å². The minimum Gasteiger partial charge on any atom is -0.481 e. The Balaban J connectivity index is 2.20. The van der Waals surface area contributed by atoms with Crippen molar-refractivity contribution in [2.24, 2.45) is 0 Å². The van der Waals surface area contributed by atoms with Crippen LogP contribution < -0.4 is 10.1 Å². The molecule has 1 aliphatic rings. The summed E-state index contributed by atoms with van der Waals surface area (Å²) in [5.41, 5.74) is 0. The Hall–Kier alpha value is -1.58. The van der Waals surface area contributed by atoms with E-state index < -0.39 is 0 Å². The molecule has 1 aromatic heterocycles. The molecule has 0 saturated heterocycles. The molecule has 0 atom stereocenters. The molecule has 0 aliphatic heterocycles. The zero-order chi connectivity index (χ0) is 10.7. The number of hydrogen-bond donors (Lipinski definition) is 1. The predicted molar refractivity (Wildman–Crippen MR) is 59.2 cm³/mol. The van der Waals surface area contributed by atoms with Gasteiger partial charge in [0.25, 0.3) is 0 Å². The predicted octanol–water partition coefficient (Wildman–Crippen LogP) is 1.96. The van der Waals surface area contributed by atoms with E-state index in [1.165, 1.54) is 12.8 Å². The molecule has 0 bridgehead atoms. The zero-order valence-electron chi connectivity index (χ0n) is 8.86. The Morgan fingerprint density at radius 1 is 1.60 bits per heavy atom. The molecular weight excluding hydrogens is 190 g/mol. The van der Waals surface area contributed by atoms with Crippen molar-refractivity contribution in [2.45, 2.75) is 18.8 Å². The molecule has 4 nitrogen and oxygen atoms in total. The van der Waals surface area contributed by atoms with Gasteiger partial charge in [0.15, 0.2) is 0 Å². The van der Waals surface area contributed by atoms with Gasteiger partial charge in [0, 0.05) is 18.5 Å². The first kappa shape index (κ1) is 9.96. The molecule has 80 valence electrons. The van der Waals surface area contributed by atoms with Gasteiger partial charge in [-0.15, -0.1) is 6.58 Å². The highest BCUT2D eigenvalue weighted by Crippen LogP contribution is 2.38. The van der Waals surface area contributed by atoms with Crippen LogP contribution in [0.25, 0.3) is 0 Å². The summed E-state index contributed by atoms with van der Waals surface area (Å²) in [4.78, 5) is 8.75. The van der Waals surface area contributed by atoms with Crippen LogP contribution in [0.15, 0.2) is 18.7 Å². The van der Waals surface area contributed by atoms with Crippen molar-refractivity contribution in [1.82, 2.24) is 9.97 Å². The fourth-order valence-corrected chi connectivity index (χ4v) is 1.34. The maximum Gasteiger partial charge on any atom is 0.218 e. The average Bonchev–Trinajstić information content (AvgIpc) is 3.09. The molecule has 1 fully saturated rings. The van der Waals surface area contributed by atoms with E-state index in [0.29, 0.717) is 18.3 Å². The van der Waals surface area contributed by atoms with E-state index in [0.717, 1.165) is 11.6 Å². The molecule has 0 radical (unpaired) electrons. The van der Waals surface area contributed by atoms with Gasteiger partial charge in [-0.25, -0.2) is 4.98 Å². The number of ether oxygens (including phenoxy) is 1. The van der Waals surface area contributed by atoms with Gasteiger partial charge in [-0.05, 0) is 12.8 Å². The van der Waals surface area contributed by atoms with Crippen molar-refractivity contribution in [3.05, 3.63) is 24.5 Å². The van der Waals surface area contributed by atoms with E-state index in [9.17, 15) is 0 Å². The molecule has 4 heteroatoms. The average molecular weight is 205 g/mol. The lowest BCUT2D eigenvalue weighted by molar-refractivity contribution is 0.395. The first-order valence-electron chi connectivity index (χ1n) is 5.11. The summed E-state index contributed by atoms with van der Waals surface area (Å²) in [5.74, 6) is 2.85. The second-order valence-corrected chi connectivity index (χ2v) is 3.60. The van der Waals surface area contributed by atoms with E-state index in [4.69, 9.17) is 4.74 Å². The maximum atomic E-state index is 5.14. The van der Waals surface area contributed by atoms with Crippen LogP contribution in [-0.4, -0.2) is 23.6 Å². The number of nitrogens with one attached hydrogen (secondary N) is 1. The van der Waals surface area contributed by atoms with Gasteiger partial charge in [0.05, 0.1) is 7.11 Å². The van der Waals surface area contributed by atoms with E-state index in [1.807, 2.05) is 0 Å². The fourth-order valence-electron chi connectivity index (χ4n) is 1.34. The quantitative estimate of drug-likeness (QED) is 0.746. The van der Waals surface area contributed by atoms with E-state index >= 15 is 0 Å². The number of methoxy groups -OCH3 is 1. The van der Waals surface area contributed by atoms with Gasteiger partial charge in [-0.2, -0.15) is 4.98 Å². The summed E-state index contributed by atoms with van der Waals surface area (Å²) in [6, 6.07) is 1.80. The zero-order valence-corrected chi connectivity index (χ0v) is 8.86. The minimum atomic E-state index is 0.532. The molecule has 0 spiro atoms. The van der Waals surface area contributed by atoms with Crippen molar-refractivity contribution in [3.63, 3.8) is 0 Å². The van der Waals surface area contributed by atoms with E-state index in [1.54, 1.807) is 19.3 Å². The highest BCUT2D eigenvalue weighted by atomic mass is 16.5. The van der Waals surface area contributed by atoms with Crippen LogP contribution >= 0.6 is 0 Å². The smallest absolute Gasteiger partial charge is 0.218 e. The van der Waals surface area contributed by atoms with Crippen LogP contribution in [0.4, 0.5) is 5.82 Å². The molecule has 0 unspecified atom stereocenters. The van der Waals surface area contributed by atoms with Crippen LogP contribution in [0.1, 0.15) is 24.6 Å². The summed E-state index contributed by atoms with van der Waals surface area (Å²) in [6.07, 6.45) is 4.17. The molecule has 15 heavy (non-hydrogen) atoms. The molecule has 1 aliphatic carbocycles. The molecule has 2 rings (SSSR count). The fraction of sp³-hybridized carbons (Fsp3) is 0.455. The van der Waals surface area contributed by atoms with Crippen LogP contribution in [0.5, 0.6) is 5.88 Å². The van der Waals surface area contributed by atoms with Crippen LogP contribution in [-0.2, 0) is 0 Å². The highest BCUT2D eigenvalue weighted by molar-refractivity contribution is 5.39. The third-order valence-electron chi connectivity index (χ3n) is 2.30. The van der Waals surface area contributed by atoms with Gasteiger partial charge in [-0.3, -0.25) is 0 Å². The summed E-state index contributed by atoms with van der Waals surface area (Å²) in [6.45, 7) is 4.35. The van der Waals surface area contributed by atoms with Gasteiger partial charge < -0.3 is 10.1 Å². The molecule has 1 aromatic rings. The van der Waals surface area contributed by atoms with Gasteiger partial charge in [0.1, 0.15) is 11.6 Å². The number of rotatable bonds is 5. The Morgan fingerprint density at radius 3 is 3.00 bits per heavy atom. The maximum absolute atomic E-state index is 5.14. The van der Waals surface area contributed by atoms with Gasteiger partial charge in [-0.1, -0.05) is 6.08 Å². The third kappa shape index (κ3) is 2.46. The molecule has 0 amide bonds. The Bertz CT molecular complexity index is 361. The van der Waals surface area contributed by atoms with Gasteiger partial charge in [0.2, 0.25) is 5.88 Å². The van der Waals surface area contributed by atoms with Crippen molar-refractivity contribution in [3.8, 4) is 5.88 Å². The molecule has 1 saturated carbocycles. The van der Waals surface area contributed by atoms with Crippen molar-refractivity contribution < 1.29 is 4.74 Å². The molecule has 1 heterocycles. The minimum absolute atomic E-state index is 0.532. The lowest BCUT2D eigenvalue weighted by Crippen LogP contribution is -2.04. The van der Waals surface area contributed by atoms with Crippen molar-refractivity contribution in [2.75, 3.05) is 19.0 Å². The SMILES string of the molecule is C=CCNc1cc(OC)nc(C2CC2)n1. The number of hydrogen-bond acceptors (Lipinski definition) is 4. The Morgan fingerprint density at radius 2 is 2.40 bits per heavy atom. The second kappa shape index (κ2) is 4.29. The molecule has 1 N–H and O–H groups in total. The lowest BCUT2D eigenvalue weighted by Gasteiger charge is -2.07. The summed E-state index contributed by atoms with van der Waals surface area (Å²) in [5, 5.41) is 3.14. The topological polar surface area (TPSA) is 47.0 Å². The Labute approximate surface area is 89.4 Å². The molecule has 0 aromatic carbocycles. The van der Waals surface area contributed by atoms with Crippen molar-refractivity contribution >= 4 is 5.82 Å². The standard InChI is InChI=1S/C11H15N3O/c1-3-6-12-9-7-10(15-2)14-11(13-9)8-4-5-8/h3,7-8H,1,4-6H2,2H3,(H,12,13,14). The Kier molecular flexibility index (Phi) is 2.85. The first-order valence-corrected chi connectivity index (χ1v) is 5.11. The number of aromatic nitrogens is 2. The number of nitrogens with zero attached hydrogens (tertiary/aromatic N) is 2. The number of anilines is 1. The normalized spacial score (nSPS) is 14.7. The first-order chi connectivity index (χ1) is 7.33. The van der Waals surface area contributed by atoms with Gasteiger partial charge >= 0.3 is 0 Å². The summed E-state index contributed by atoms with van der Waals surface area (Å²) in [7, 11) is 1.62. The monoisotopic (exact) mass is 205 g/mol. The largest absolute Gasteiger partial charge is 0.481 e. The third-order valence-corrected chi connectivity index (χ3v) is 2.30. The lowest BCUT2D eigenvalue weighted by atomic mass is 10.4. The van der Waals surface area contributed by atoms with E-state index in [2.05, 4.69) is 21.9 Å². The van der Waals surface area contributed by atoms with Crippen LogP contribution in [0.3, 0.4) is 0 Å². The summed E-state index contributed by atoms with van der Waals surface area (Å²) < 4.78 is 5.14. The highest BCUT2D eigenvalue weighted by Gasteiger charge is 2.27. The van der Waals surface area contributed by atoms with Crippen molar-refractivity contribution in [1.29, 1.82) is 0 Å². The van der Waals surface area contributed by atoms with E-state index in [-0.39, 0.29) is 0 Å². The van der Waals surface area contributed by atoms with Crippen LogP contribution in [0.2, 0.25) is 0 Å². The summed E-state index contributed by atoms with van der Waals surface area (Å²) >= 11 is 0. The molecular formula is C11H15N3O. The second-order valence-electron chi connectivity index (χ2n) is 3.60.